The van der Waals surface area contributed by atoms with E-state index in [1.807, 2.05) is 0 Å². The van der Waals surface area contributed by atoms with E-state index in [2.05, 4.69) is 26.0 Å². The molecule has 5 nitrogen and oxygen atoms in total. The van der Waals surface area contributed by atoms with Crippen LogP contribution in [-0.4, -0.2) is 35.9 Å². The van der Waals surface area contributed by atoms with Gasteiger partial charge in [-0.3, -0.25) is 9.59 Å². The van der Waals surface area contributed by atoms with E-state index >= 15 is 0 Å². The average molecular weight is 431 g/mol. The van der Waals surface area contributed by atoms with E-state index in [4.69, 9.17) is 9.47 Å². The predicted molar refractivity (Wildman–Crippen MR) is 118 cm³/mol. The maximum absolute atomic E-state index is 11.4. The van der Waals surface area contributed by atoms with Crippen LogP contribution >= 0.6 is 0 Å². The van der Waals surface area contributed by atoms with Crippen LogP contribution in [0.25, 0.3) is 0 Å². The largest absolute Gasteiger partial charge is 0.466 e. The second-order valence-electron chi connectivity index (χ2n) is 10.7. The molecule has 2 fully saturated rings. The van der Waals surface area contributed by atoms with Gasteiger partial charge in [-0.25, -0.2) is 0 Å². The summed E-state index contributed by atoms with van der Waals surface area (Å²) in [6.07, 6.45) is 12.1. The van der Waals surface area contributed by atoms with Gasteiger partial charge in [0.2, 0.25) is 0 Å². The number of allylic oxidation sites excluding steroid dienone is 2. The van der Waals surface area contributed by atoms with Crippen LogP contribution in [0, 0.1) is 28.6 Å². The highest BCUT2D eigenvalue weighted by Crippen LogP contribution is 2.65. The van der Waals surface area contributed by atoms with E-state index in [0.29, 0.717) is 24.2 Å². The van der Waals surface area contributed by atoms with Crippen LogP contribution < -0.4 is 0 Å². The zero-order valence-corrected chi connectivity index (χ0v) is 19.5. The summed E-state index contributed by atoms with van der Waals surface area (Å²) in [5.74, 6) is 1.39. The van der Waals surface area contributed by atoms with Gasteiger partial charge in [-0.1, -0.05) is 31.6 Å². The first-order valence-corrected chi connectivity index (χ1v) is 12.0. The number of aliphatic hydroxyl groups is 1. The molecule has 0 aromatic carbocycles. The number of carbonyl (C=O) groups excluding carboxylic acids is 2. The zero-order valence-electron chi connectivity index (χ0n) is 19.5. The third-order valence-corrected chi connectivity index (χ3v) is 9.09. The average Bonchev–Trinajstić information content (AvgIpc) is 3.05. The first-order chi connectivity index (χ1) is 14.6. The van der Waals surface area contributed by atoms with Crippen LogP contribution in [0.5, 0.6) is 0 Å². The molecule has 1 N–H and O–H groups in total. The molecule has 172 valence electrons. The molecular formula is C26H38O5. The highest BCUT2D eigenvalue weighted by Gasteiger charge is 2.57. The summed E-state index contributed by atoms with van der Waals surface area (Å²) >= 11 is 0. The lowest BCUT2D eigenvalue weighted by Gasteiger charge is -2.58. The Morgan fingerprint density at radius 2 is 1.81 bits per heavy atom. The topological polar surface area (TPSA) is 72.8 Å². The quantitative estimate of drug-likeness (QED) is 0.504. The van der Waals surface area contributed by atoms with Crippen molar-refractivity contribution < 1.29 is 24.2 Å². The van der Waals surface area contributed by atoms with Crippen LogP contribution in [-0.2, 0) is 19.1 Å². The Bertz CT molecular complexity index is 798. The minimum atomic E-state index is -0.532. The minimum absolute atomic E-state index is 0.0352. The molecule has 4 aliphatic rings. The summed E-state index contributed by atoms with van der Waals surface area (Å²) in [6.45, 7) is 7.98. The summed E-state index contributed by atoms with van der Waals surface area (Å²) in [4.78, 5) is 22.5. The van der Waals surface area contributed by atoms with Crippen LogP contribution in [0.2, 0.25) is 0 Å². The van der Waals surface area contributed by atoms with E-state index in [0.717, 1.165) is 38.5 Å². The van der Waals surface area contributed by atoms with Crippen LogP contribution in [0.3, 0.4) is 0 Å². The van der Waals surface area contributed by atoms with E-state index in [-0.39, 0.29) is 35.5 Å². The van der Waals surface area contributed by atoms with Crippen molar-refractivity contribution >= 4 is 11.9 Å². The Balaban J connectivity index is 1.48. The molecule has 0 unspecified atom stereocenters. The molecular weight excluding hydrogens is 392 g/mol. The van der Waals surface area contributed by atoms with Crippen molar-refractivity contribution in [3.8, 4) is 0 Å². The number of esters is 2. The molecule has 0 heterocycles. The molecule has 0 aromatic heterocycles. The Hall–Kier alpha value is -1.62. The van der Waals surface area contributed by atoms with E-state index in [9.17, 15) is 14.7 Å². The summed E-state index contributed by atoms with van der Waals surface area (Å²) in [7, 11) is 0. The van der Waals surface area contributed by atoms with Gasteiger partial charge in [0.25, 0.3) is 0 Å². The highest BCUT2D eigenvalue weighted by molar-refractivity contribution is 5.66. The fourth-order valence-electron chi connectivity index (χ4n) is 7.55. The number of hydrogen-bond donors (Lipinski definition) is 1. The fourth-order valence-corrected chi connectivity index (χ4v) is 7.55. The van der Waals surface area contributed by atoms with Crippen molar-refractivity contribution in [2.45, 2.75) is 91.3 Å². The standard InChI is InChI=1S/C26H38O5/c1-16(27)30-14-11-24(29)23-8-7-21-20-6-5-18-15-19(31-17(2)28)9-12-25(18,3)22(20)10-13-26(21,23)4/h5,8,19-22,24,29H,6-7,9-15H2,1-4H3/t19-,20+,21-,22+,24-,25-,26-/m0/s1. The molecule has 0 spiro atoms. The normalized spacial score (nSPS) is 39.9. The second-order valence-corrected chi connectivity index (χ2v) is 10.7. The Morgan fingerprint density at radius 1 is 1.06 bits per heavy atom. The first kappa shape index (κ1) is 22.6. The summed E-state index contributed by atoms with van der Waals surface area (Å²) in [5.41, 5.74) is 2.91. The van der Waals surface area contributed by atoms with Crippen molar-refractivity contribution in [1.29, 1.82) is 0 Å². The number of ether oxygens (including phenoxy) is 2. The molecule has 0 amide bonds. The molecule has 0 bridgehead atoms. The molecule has 0 saturated heterocycles. The fraction of sp³-hybridized carbons (Fsp3) is 0.769. The van der Waals surface area contributed by atoms with Gasteiger partial charge in [0, 0.05) is 26.7 Å². The maximum atomic E-state index is 11.4. The van der Waals surface area contributed by atoms with Crippen molar-refractivity contribution in [2.24, 2.45) is 28.6 Å². The Kier molecular flexibility index (Phi) is 6.10. The third kappa shape index (κ3) is 3.99. The van der Waals surface area contributed by atoms with Crippen LogP contribution in [0.15, 0.2) is 23.3 Å². The number of aliphatic hydroxyl groups excluding tert-OH is 1. The van der Waals surface area contributed by atoms with Gasteiger partial charge in [-0.2, -0.15) is 0 Å². The molecule has 4 rings (SSSR count). The van der Waals surface area contributed by atoms with Crippen LogP contribution in [0.1, 0.15) is 79.1 Å². The van der Waals surface area contributed by atoms with Crippen LogP contribution in [0.4, 0.5) is 0 Å². The molecule has 4 aliphatic carbocycles. The van der Waals surface area contributed by atoms with Crippen molar-refractivity contribution in [3.05, 3.63) is 23.3 Å². The number of hydrogen-bond acceptors (Lipinski definition) is 5. The third-order valence-electron chi connectivity index (χ3n) is 9.09. The second kappa shape index (κ2) is 8.38. The predicted octanol–water partition coefficient (Wildman–Crippen LogP) is 4.73. The van der Waals surface area contributed by atoms with Gasteiger partial charge in [-0.15, -0.1) is 0 Å². The Morgan fingerprint density at radius 3 is 2.52 bits per heavy atom. The van der Waals surface area contributed by atoms with Gasteiger partial charge in [0.1, 0.15) is 6.10 Å². The molecule has 0 aliphatic heterocycles. The number of rotatable bonds is 5. The molecule has 0 radical (unpaired) electrons. The van der Waals surface area contributed by atoms with Crippen molar-refractivity contribution in [2.75, 3.05) is 6.61 Å². The zero-order chi connectivity index (χ0) is 22.4. The minimum Gasteiger partial charge on any atom is -0.466 e. The summed E-state index contributed by atoms with van der Waals surface area (Å²) in [5, 5.41) is 10.9. The molecule has 7 atom stereocenters. The lowest BCUT2D eigenvalue weighted by atomic mass is 9.47. The molecule has 31 heavy (non-hydrogen) atoms. The maximum Gasteiger partial charge on any atom is 0.302 e. The van der Waals surface area contributed by atoms with E-state index < -0.39 is 6.10 Å². The number of carbonyl (C=O) groups is 2. The van der Waals surface area contributed by atoms with Crippen molar-refractivity contribution in [3.63, 3.8) is 0 Å². The first-order valence-electron chi connectivity index (χ1n) is 12.0. The Labute approximate surface area is 186 Å². The number of fused-ring (bicyclic) bond motifs is 5. The smallest absolute Gasteiger partial charge is 0.302 e. The SMILES string of the molecule is CC(=O)OCC[C@H](O)C1=CC[C@H]2[C@H]3CC=C4C[C@@H](OC(C)=O)CC[C@]4(C)[C@@H]3CC[C@]12C. The van der Waals surface area contributed by atoms with Crippen molar-refractivity contribution in [1.82, 2.24) is 0 Å². The van der Waals surface area contributed by atoms with Gasteiger partial charge >= 0.3 is 11.9 Å². The molecule has 2 saturated carbocycles. The van der Waals surface area contributed by atoms with E-state index in [1.54, 1.807) is 0 Å². The lowest BCUT2D eigenvalue weighted by molar-refractivity contribution is -0.148. The lowest BCUT2D eigenvalue weighted by Crippen LogP contribution is -2.50. The highest BCUT2D eigenvalue weighted by atomic mass is 16.5. The summed E-state index contributed by atoms with van der Waals surface area (Å²) in [6, 6.07) is 0. The molecule has 0 aromatic rings. The molecule has 5 heteroatoms. The van der Waals surface area contributed by atoms with Gasteiger partial charge in [0.15, 0.2) is 0 Å². The monoisotopic (exact) mass is 430 g/mol. The van der Waals surface area contributed by atoms with E-state index in [1.165, 1.54) is 31.4 Å². The van der Waals surface area contributed by atoms with Gasteiger partial charge < -0.3 is 14.6 Å². The van der Waals surface area contributed by atoms with Gasteiger partial charge in [0.05, 0.1) is 12.7 Å². The summed E-state index contributed by atoms with van der Waals surface area (Å²) < 4.78 is 10.6. The van der Waals surface area contributed by atoms with Gasteiger partial charge in [-0.05, 0) is 72.7 Å².